The molecule has 0 aromatic heterocycles. The maximum absolute atomic E-state index is 11.8. The third-order valence-corrected chi connectivity index (χ3v) is 1.66. The fourth-order valence-corrected chi connectivity index (χ4v) is 0.694. The molecule has 17 heavy (non-hydrogen) atoms. The Morgan fingerprint density at radius 1 is 1.12 bits per heavy atom. The predicted molar refractivity (Wildman–Crippen MR) is 55.6 cm³/mol. The molecule has 0 fully saturated rings. The zero-order valence-corrected chi connectivity index (χ0v) is 10.2. The zero-order chi connectivity index (χ0) is 13.9. The molecule has 0 saturated heterocycles. The summed E-state index contributed by atoms with van der Waals surface area (Å²) in [6.45, 7) is 6.41. The highest BCUT2D eigenvalue weighted by Gasteiger charge is 2.42. The van der Waals surface area contributed by atoms with Crippen LogP contribution in [0.4, 0.5) is 9.18 Å². The Balaban J connectivity index is 4.54. The number of rotatable bonds is 3. The van der Waals surface area contributed by atoms with Gasteiger partial charge in [0.25, 0.3) is 0 Å². The van der Waals surface area contributed by atoms with Gasteiger partial charge in [0.1, 0.15) is 0 Å². The number of carbonyl (C=O) groups is 3. The Labute approximate surface area is 98.2 Å². The van der Waals surface area contributed by atoms with E-state index in [1.165, 1.54) is 0 Å². The highest BCUT2D eigenvalue weighted by atomic mass is 19.1. The van der Waals surface area contributed by atoms with Gasteiger partial charge in [0.05, 0.1) is 6.61 Å². The number of hydrogen-bond acceptors (Lipinski definition) is 6. The van der Waals surface area contributed by atoms with Gasteiger partial charge in [-0.25, -0.2) is 14.4 Å². The van der Waals surface area contributed by atoms with Crippen LogP contribution in [0.2, 0.25) is 0 Å². The number of carbonyl (C=O) groups excluding carboxylic acids is 3. The molecule has 1 atom stereocenters. The summed E-state index contributed by atoms with van der Waals surface area (Å²) in [7, 11) is 0. The van der Waals surface area contributed by atoms with Crippen LogP contribution < -0.4 is 5.73 Å². The zero-order valence-electron chi connectivity index (χ0n) is 10.2. The lowest BCUT2D eigenvalue weighted by molar-refractivity contribution is -0.162. The van der Waals surface area contributed by atoms with Gasteiger partial charge < -0.3 is 15.2 Å². The minimum atomic E-state index is -2.32. The van der Waals surface area contributed by atoms with Crippen LogP contribution in [0.5, 0.6) is 0 Å². The molecule has 0 aromatic carbocycles. The van der Waals surface area contributed by atoms with Crippen LogP contribution in [0.1, 0.15) is 27.7 Å². The molecule has 0 rings (SSSR count). The third-order valence-electron chi connectivity index (χ3n) is 1.66. The van der Waals surface area contributed by atoms with Crippen molar-refractivity contribution in [3.8, 4) is 0 Å². The number of esters is 2. The van der Waals surface area contributed by atoms with Gasteiger partial charge in [-0.1, -0.05) is 20.8 Å². The summed E-state index contributed by atoms with van der Waals surface area (Å²) in [5.74, 6) is -2.58. The van der Waals surface area contributed by atoms with Gasteiger partial charge in [-0.05, 0) is 12.3 Å². The van der Waals surface area contributed by atoms with Crippen LogP contribution in [0.15, 0.2) is 0 Å². The van der Waals surface area contributed by atoms with Crippen molar-refractivity contribution in [2.24, 2.45) is 11.1 Å². The van der Waals surface area contributed by atoms with E-state index >= 15 is 0 Å². The average molecular weight is 249 g/mol. The Morgan fingerprint density at radius 2 is 1.59 bits per heavy atom. The van der Waals surface area contributed by atoms with E-state index in [0.717, 1.165) is 6.92 Å². The second-order valence-electron chi connectivity index (χ2n) is 4.97. The largest absolute Gasteiger partial charge is 0.503 e. The second kappa shape index (κ2) is 5.22. The molecule has 0 aliphatic carbocycles. The van der Waals surface area contributed by atoms with Gasteiger partial charge in [0.15, 0.2) is 0 Å². The van der Waals surface area contributed by atoms with Crippen molar-refractivity contribution in [1.29, 1.82) is 0 Å². The summed E-state index contributed by atoms with van der Waals surface area (Å²) in [4.78, 5) is 32.5. The topological polar surface area (TPSA) is 95.7 Å². The second-order valence-corrected chi connectivity index (χ2v) is 4.97. The first-order valence-electron chi connectivity index (χ1n) is 4.84. The molecule has 98 valence electrons. The predicted octanol–water partition coefficient (Wildman–Crippen LogP) is 0.926. The Morgan fingerprint density at radius 3 is 1.94 bits per heavy atom. The van der Waals surface area contributed by atoms with Gasteiger partial charge in [-0.15, -0.1) is 4.39 Å². The summed E-state index contributed by atoms with van der Waals surface area (Å²) < 4.78 is 20.2. The lowest BCUT2D eigenvalue weighted by Gasteiger charge is -2.23. The first-order valence-corrected chi connectivity index (χ1v) is 4.84. The lowest BCUT2D eigenvalue weighted by Crippen LogP contribution is -2.54. The van der Waals surface area contributed by atoms with Crippen LogP contribution in [-0.2, 0) is 19.1 Å². The van der Waals surface area contributed by atoms with E-state index in [4.69, 9.17) is 10.5 Å². The minimum Gasteiger partial charge on any atom is -0.463 e. The Bertz CT molecular complexity index is 332. The van der Waals surface area contributed by atoms with E-state index in [0.29, 0.717) is 0 Å². The van der Waals surface area contributed by atoms with Crippen molar-refractivity contribution in [3.63, 3.8) is 0 Å². The molecule has 0 heterocycles. The van der Waals surface area contributed by atoms with Crippen molar-refractivity contribution in [2.45, 2.75) is 33.2 Å². The highest BCUT2D eigenvalue weighted by Crippen LogP contribution is 2.15. The monoisotopic (exact) mass is 249 g/mol. The van der Waals surface area contributed by atoms with Gasteiger partial charge in [0.2, 0.25) is 5.54 Å². The van der Waals surface area contributed by atoms with E-state index in [-0.39, 0.29) is 12.0 Å². The van der Waals surface area contributed by atoms with Gasteiger partial charge in [-0.2, -0.15) is 0 Å². The molecule has 2 N–H and O–H groups in total. The van der Waals surface area contributed by atoms with Gasteiger partial charge in [0, 0.05) is 0 Å². The Kier molecular flexibility index (Phi) is 4.76. The molecule has 0 aliphatic rings. The smallest absolute Gasteiger partial charge is 0.463 e. The van der Waals surface area contributed by atoms with Crippen LogP contribution in [0.25, 0.3) is 0 Å². The molecule has 0 bridgehead atoms. The fourth-order valence-electron chi connectivity index (χ4n) is 0.694. The summed E-state index contributed by atoms with van der Waals surface area (Å²) in [6.07, 6.45) is -2.32. The highest BCUT2D eigenvalue weighted by molar-refractivity contribution is 6.06. The van der Waals surface area contributed by atoms with Crippen LogP contribution in [0.3, 0.4) is 0 Å². The molecular formula is C10H16FNO5. The summed E-state index contributed by atoms with van der Waals surface area (Å²) in [5.41, 5.74) is 2.78. The fraction of sp³-hybridized carbons (Fsp3) is 0.700. The van der Waals surface area contributed by atoms with E-state index in [2.05, 4.69) is 4.74 Å². The minimum absolute atomic E-state index is 0.0233. The number of hydrogen-bond donors (Lipinski definition) is 1. The molecule has 0 radical (unpaired) electrons. The van der Waals surface area contributed by atoms with Crippen molar-refractivity contribution in [3.05, 3.63) is 0 Å². The van der Waals surface area contributed by atoms with Crippen LogP contribution in [-0.4, -0.2) is 30.3 Å². The maximum atomic E-state index is 11.8. The third kappa shape index (κ3) is 5.39. The molecular weight excluding hydrogens is 233 g/mol. The number of halogens is 1. The quantitative estimate of drug-likeness (QED) is 0.454. The summed E-state index contributed by atoms with van der Waals surface area (Å²) in [6, 6.07) is 0. The van der Waals surface area contributed by atoms with Crippen molar-refractivity contribution >= 4 is 18.2 Å². The Hall–Kier alpha value is -1.50. The molecule has 0 amide bonds. The lowest BCUT2D eigenvalue weighted by atomic mass is 9.98. The summed E-state index contributed by atoms with van der Waals surface area (Å²) >= 11 is 0. The van der Waals surface area contributed by atoms with Crippen molar-refractivity contribution in [2.75, 3.05) is 6.61 Å². The van der Waals surface area contributed by atoms with Gasteiger partial charge in [-0.3, -0.25) is 0 Å². The van der Waals surface area contributed by atoms with Crippen molar-refractivity contribution in [1.82, 2.24) is 0 Å². The van der Waals surface area contributed by atoms with Gasteiger partial charge >= 0.3 is 18.2 Å². The molecule has 0 saturated carbocycles. The van der Waals surface area contributed by atoms with E-state index in [1.807, 2.05) is 0 Å². The maximum Gasteiger partial charge on any atom is 0.503 e. The summed E-state index contributed by atoms with van der Waals surface area (Å²) in [5, 5.41) is 0. The van der Waals surface area contributed by atoms with Crippen LogP contribution >= 0.6 is 0 Å². The van der Waals surface area contributed by atoms with E-state index < -0.39 is 23.7 Å². The SMILES string of the molecule is CC(C)(C)COC(=O)C(C)(N)C(=O)OC(=O)F. The average Bonchev–Trinajstić information content (AvgIpc) is 2.11. The van der Waals surface area contributed by atoms with E-state index in [1.54, 1.807) is 20.8 Å². The molecule has 7 heteroatoms. The normalized spacial score (nSPS) is 14.7. The molecule has 0 aliphatic heterocycles. The van der Waals surface area contributed by atoms with E-state index in [9.17, 15) is 18.8 Å². The molecule has 6 nitrogen and oxygen atoms in total. The molecule has 0 spiro atoms. The first-order chi connectivity index (χ1) is 7.47. The molecule has 0 aromatic rings. The standard InChI is InChI=1S/C10H16FNO5/c1-9(2,3)5-16-6(13)10(4,12)7(14)17-8(11)15/h5,12H2,1-4H3. The van der Waals surface area contributed by atoms with Crippen LogP contribution in [0, 0.1) is 5.41 Å². The van der Waals surface area contributed by atoms with Crippen molar-refractivity contribution < 1.29 is 28.2 Å². The number of ether oxygens (including phenoxy) is 2. The molecule has 1 unspecified atom stereocenters. The number of nitrogens with two attached hydrogens (primary N) is 1. The first kappa shape index (κ1) is 15.5.